The smallest absolute Gasteiger partial charge is 0.264 e. The molecule has 1 amide bonds. The Bertz CT molecular complexity index is 1110. The summed E-state index contributed by atoms with van der Waals surface area (Å²) in [6, 6.07) is 22.2. The summed E-state index contributed by atoms with van der Waals surface area (Å²) in [5.74, 6) is 0.491. The lowest BCUT2D eigenvalue weighted by Gasteiger charge is -2.20. The van der Waals surface area contributed by atoms with Crippen molar-refractivity contribution < 1.29 is 17.9 Å². The second-order valence-electron chi connectivity index (χ2n) is 7.04. The maximum absolute atomic E-state index is 12.9. The van der Waals surface area contributed by atoms with E-state index in [0.29, 0.717) is 17.7 Å². The molecule has 3 aromatic rings. The minimum Gasteiger partial charge on any atom is -0.497 e. The van der Waals surface area contributed by atoms with Gasteiger partial charge < -0.3 is 10.1 Å². The maximum atomic E-state index is 12.9. The zero-order valence-electron chi connectivity index (χ0n) is 17.8. The van der Waals surface area contributed by atoms with Crippen LogP contribution in [0.25, 0.3) is 0 Å². The fraction of sp³-hybridized carbons (Fsp3) is 0.208. The topological polar surface area (TPSA) is 75.7 Å². The van der Waals surface area contributed by atoms with Crippen molar-refractivity contribution in [2.75, 3.05) is 18.5 Å². The number of rotatable bonds is 8. The van der Waals surface area contributed by atoms with Gasteiger partial charge in [-0.3, -0.25) is 9.10 Å². The highest BCUT2D eigenvalue weighted by Gasteiger charge is 2.22. The third-order valence-electron chi connectivity index (χ3n) is 5.13. The second kappa shape index (κ2) is 9.66. The molecule has 6 nitrogen and oxygen atoms in total. The quantitative estimate of drug-likeness (QED) is 0.566. The molecule has 0 spiro atoms. The minimum atomic E-state index is -3.72. The normalized spacial score (nSPS) is 12.1. The highest BCUT2D eigenvalue weighted by atomic mass is 32.2. The van der Waals surface area contributed by atoms with Crippen molar-refractivity contribution in [3.63, 3.8) is 0 Å². The van der Waals surface area contributed by atoms with Gasteiger partial charge in [-0.25, -0.2) is 8.42 Å². The maximum Gasteiger partial charge on any atom is 0.264 e. The molecular formula is C24H26N2O4S. The zero-order chi connectivity index (χ0) is 22.4. The second-order valence-corrected chi connectivity index (χ2v) is 9.01. The van der Waals surface area contributed by atoms with Gasteiger partial charge in [0.05, 0.1) is 23.7 Å². The Kier molecular flexibility index (Phi) is 6.97. The van der Waals surface area contributed by atoms with Crippen molar-refractivity contribution in [2.24, 2.45) is 0 Å². The van der Waals surface area contributed by atoms with E-state index in [0.717, 1.165) is 11.3 Å². The van der Waals surface area contributed by atoms with Gasteiger partial charge in [0.2, 0.25) is 0 Å². The minimum absolute atomic E-state index is 0.123. The van der Waals surface area contributed by atoms with Crippen molar-refractivity contribution in [1.82, 2.24) is 5.32 Å². The number of nitrogens with zero attached hydrogens (tertiary/aromatic N) is 1. The molecule has 31 heavy (non-hydrogen) atoms. The molecule has 3 aromatic carbocycles. The molecule has 0 radical (unpaired) electrons. The first kappa shape index (κ1) is 22.4. The standard InChI is InChI=1S/C24H26N2O4S/c1-4-23(18-10-14-21(30-3)15-11-18)25-24(27)19-12-16-22(17-13-19)31(28,29)26(2)20-8-6-5-7-9-20/h5-17,23H,4H2,1-3H3,(H,25,27). The van der Waals surface area contributed by atoms with Gasteiger partial charge in [0.15, 0.2) is 0 Å². The summed E-state index contributed by atoms with van der Waals surface area (Å²) in [5, 5.41) is 3.00. The van der Waals surface area contributed by atoms with E-state index in [2.05, 4.69) is 5.32 Å². The average Bonchev–Trinajstić information content (AvgIpc) is 2.82. The van der Waals surface area contributed by atoms with E-state index in [4.69, 9.17) is 4.74 Å². The van der Waals surface area contributed by atoms with E-state index < -0.39 is 10.0 Å². The number of hydrogen-bond donors (Lipinski definition) is 1. The molecule has 0 saturated carbocycles. The first-order valence-electron chi connectivity index (χ1n) is 9.95. The van der Waals surface area contributed by atoms with Crippen molar-refractivity contribution in [1.29, 1.82) is 0 Å². The van der Waals surface area contributed by atoms with Gasteiger partial charge >= 0.3 is 0 Å². The average molecular weight is 439 g/mol. The van der Waals surface area contributed by atoms with E-state index >= 15 is 0 Å². The van der Waals surface area contributed by atoms with E-state index in [1.807, 2.05) is 37.3 Å². The first-order chi connectivity index (χ1) is 14.9. The number of carbonyl (C=O) groups excluding carboxylic acids is 1. The van der Waals surface area contributed by atoms with Crippen molar-refractivity contribution >= 4 is 21.6 Å². The van der Waals surface area contributed by atoms with E-state index in [1.54, 1.807) is 31.4 Å². The van der Waals surface area contributed by atoms with Crippen LogP contribution in [0.1, 0.15) is 35.3 Å². The number of anilines is 1. The number of benzene rings is 3. The summed E-state index contributed by atoms with van der Waals surface area (Å²) < 4.78 is 32.2. The van der Waals surface area contributed by atoms with Crippen molar-refractivity contribution in [2.45, 2.75) is 24.3 Å². The molecule has 0 aliphatic heterocycles. The lowest BCUT2D eigenvalue weighted by molar-refractivity contribution is 0.0935. The number of sulfonamides is 1. The van der Waals surface area contributed by atoms with Crippen LogP contribution < -0.4 is 14.4 Å². The molecule has 0 aliphatic carbocycles. The largest absolute Gasteiger partial charge is 0.497 e. The number of methoxy groups -OCH3 is 1. The fourth-order valence-corrected chi connectivity index (χ4v) is 4.41. The van der Waals surface area contributed by atoms with Gasteiger partial charge in [-0.05, 0) is 60.5 Å². The Hall–Kier alpha value is -3.32. The monoisotopic (exact) mass is 438 g/mol. The van der Waals surface area contributed by atoms with Crippen LogP contribution in [0.15, 0.2) is 83.8 Å². The Labute approximate surface area is 183 Å². The molecule has 1 unspecified atom stereocenters. The predicted molar refractivity (Wildman–Crippen MR) is 122 cm³/mol. The van der Waals surface area contributed by atoms with Gasteiger partial charge in [-0.1, -0.05) is 37.3 Å². The number of carbonyl (C=O) groups is 1. The molecule has 0 fully saturated rings. The summed E-state index contributed by atoms with van der Waals surface area (Å²) in [4.78, 5) is 12.9. The molecular weight excluding hydrogens is 412 g/mol. The number of hydrogen-bond acceptors (Lipinski definition) is 4. The SMILES string of the molecule is CCC(NC(=O)c1ccc(S(=O)(=O)N(C)c2ccccc2)cc1)c1ccc(OC)cc1. The summed E-state index contributed by atoms with van der Waals surface area (Å²) in [6.45, 7) is 1.99. The summed E-state index contributed by atoms with van der Waals surface area (Å²) >= 11 is 0. The first-order valence-corrected chi connectivity index (χ1v) is 11.4. The zero-order valence-corrected chi connectivity index (χ0v) is 18.6. The third kappa shape index (κ3) is 5.06. The molecule has 0 aromatic heterocycles. The number of amides is 1. The molecule has 0 saturated heterocycles. The van der Waals surface area contributed by atoms with Crippen molar-refractivity contribution in [3.8, 4) is 5.75 Å². The van der Waals surface area contributed by atoms with Crippen LogP contribution in [-0.2, 0) is 10.0 Å². The highest BCUT2D eigenvalue weighted by molar-refractivity contribution is 7.92. The summed E-state index contributed by atoms with van der Waals surface area (Å²) in [5.41, 5.74) is 1.93. The van der Waals surface area contributed by atoms with Crippen LogP contribution in [0.4, 0.5) is 5.69 Å². The van der Waals surface area contributed by atoms with Gasteiger partial charge in [0.1, 0.15) is 5.75 Å². The molecule has 0 bridgehead atoms. The lowest BCUT2D eigenvalue weighted by atomic mass is 10.0. The number of para-hydroxylation sites is 1. The van der Waals surface area contributed by atoms with Crippen LogP contribution in [0.5, 0.6) is 5.75 Å². The molecule has 1 atom stereocenters. The van der Waals surface area contributed by atoms with Crippen LogP contribution in [-0.4, -0.2) is 28.5 Å². The third-order valence-corrected chi connectivity index (χ3v) is 6.93. The van der Waals surface area contributed by atoms with Crippen LogP contribution in [0, 0.1) is 0 Å². The van der Waals surface area contributed by atoms with Gasteiger partial charge in [-0.15, -0.1) is 0 Å². The van der Waals surface area contributed by atoms with Crippen LogP contribution in [0.3, 0.4) is 0 Å². The Morgan fingerprint density at radius 3 is 2.13 bits per heavy atom. The van der Waals surface area contributed by atoms with E-state index in [9.17, 15) is 13.2 Å². The molecule has 162 valence electrons. The molecule has 3 rings (SSSR count). The summed E-state index contributed by atoms with van der Waals surface area (Å²) in [7, 11) is -0.609. The van der Waals surface area contributed by atoms with Crippen LogP contribution >= 0.6 is 0 Å². The van der Waals surface area contributed by atoms with Crippen molar-refractivity contribution in [3.05, 3.63) is 90.0 Å². The highest BCUT2D eigenvalue weighted by Crippen LogP contribution is 2.23. The number of ether oxygens (including phenoxy) is 1. The van der Waals surface area contributed by atoms with Gasteiger partial charge in [-0.2, -0.15) is 0 Å². The predicted octanol–water partition coefficient (Wildman–Crippen LogP) is 4.40. The Balaban J connectivity index is 1.74. The molecule has 1 N–H and O–H groups in total. The molecule has 0 aliphatic rings. The fourth-order valence-electron chi connectivity index (χ4n) is 3.21. The summed E-state index contributed by atoms with van der Waals surface area (Å²) in [6.07, 6.45) is 0.715. The van der Waals surface area contributed by atoms with Gasteiger partial charge in [0.25, 0.3) is 15.9 Å². The van der Waals surface area contributed by atoms with Gasteiger partial charge in [0, 0.05) is 12.6 Å². The molecule has 0 heterocycles. The molecule has 7 heteroatoms. The van der Waals surface area contributed by atoms with Crippen LogP contribution in [0.2, 0.25) is 0 Å². The lowest BCUT2D eigenvalue weighted by Crippen LogP contribution is -2.28. The van der Waals surface area contributed by atoms with E-state index in [-0.39, 0.29) is 16.8 Å². The van der Waals surface area contributed by atoms with E-state index in [1.165, 1.54) is 35.6 Å². The number of nitrogens with one attached hydrogen (secondary N) is 1. The Morgan fingerprint density at radius 1 is 0.968 bits per heavy atom. The Morgan fingerprint density at radius 2 is 1.58 bits per heavy atom.